The monoisotopic (exact) mass is 321 g/mol. The number of hydrogen-bond donors (Lipinski definition) is 2. The van der Waals surface area contributed by atoms with Crippen molar-refractivity contribution in [3.63, 3.8) is 0 Å². The lowest BCUT2D eigenvalue weighted by atomic mass is 9.92. The van der Waals surface area contributed by atoms with Gasteiger partial charge in [0.2, 0.25) is 0 Å². The van der Waals surface area contributed by atoms with Crippen LogP contribution < -0.4 is 10.6 Å². The Morgan fingerprint density at radius 1 is 1.12 bits per heavy atom. The van der Waals surface area contributed by atoms with Gasteiger partial charge in [-0.2, -0.15) is 0 Å². The largest absolute Gasteiger partial charge is 0.354 e. The predicted octanol–water partition coefficient (Wildman–Crippen LogP) is 1.90. The molecule has 0 radical (unpaired) electrons. The normalized spacial score (nSPS) is 23.6. The van der Waals surface area contributed by atoms with Crippen molar-refractivity contribution in [3.8, 4) is 0 Å². The van der Waals surface area contributed by atoms with Gasteiger partial charge in [-0.05, 0) is 42.0 Å². The molecule has 0 aliphatic heterocycles. The summed E-state index contributed by atoms with van der Waals surface area (Å²) in [5, 5.41) is 5.65. The van der Waals surface area contributed by atoms with Crippen LogP contribution >= 0.6 is 0 Å². The fourth-order valence-corrected chi connectivity index (χ4v) is 3.79. The molecule has 2 aliphatic carbocycles. The van der Waals surface area contributed by atoms with Crippen LogP contribution in [0.5, 0.6) is 0 Å². The van der Waals surface area contributed by atoms with Crippen LogP contribution in [0.25, 0.3) is 0 Å². The summed E-state index contributed by atoms with van der Waals surface area (Å²) in [6, 6.07) is 11.9. The number of carbonyl (C=O) groups excluding carboxylic acids is 2. The summed E-state index contributed by atoms with van der Waals surface area (Å²) >= 11 is 0. The van der Waals surface area contributed by atoms with Gasteiger partial charge in [-0.3, -0.25) is 14.6 Å². The third-order valence-electron chi connectivity index (χ3n) is 5.11. The number of hydrogen-bond acceptors (Lipinski definition) is 3. The van der Waals surface area contributed by atoms with Gasteiger partial charge in [0.05, 0.1) is 5.56 Å². The lowest BCUT2D eigenvalue weighted by Crippen LogP contribution is -2.28. The zero-order valence-electron chi connectivity index (χ0n) is 13.5. The summed E-state index contributed by atoms with van der Waals surface area (Å²) in [4.78, 5) is 28.0. The van der Waals surface area contributed by atoms with Crippen LogP contribution in [0.4, 0.5) is 0 Å². The van der Waals surface area contributed by atoms with Gasteiger partial charge in [-0.1, -0.05) is 24.3 Å². The van der Waals surface area contributed by atoms with Crippen molar-refractivity contribution in [1.82, 2.24) is 15.6 Å². The molecular formula is C19H19N3O2. The Balaban J connectivity index is 1.46. The summed E-state index contributed by atoms with van der Waals surface area (Å²) in [5.41, 5.74) is 3.59. The van der Waals surface area contributed by atoms with Crippen molar-refractivity contribution in [2.24, 2.45) is 5.92 Å². The maximum atomic E-state index is 12.4. The van der Waals surface area contributed by atoms with E-state index in [1.54, 1.807) is 19.2 Å². The third-order valence-corrected chi connectivity index (χ3v) is 5.11. The van der Waals surface area contributed by atoms with E-state index in [0.717, 1.165) is 12.8 Å². The molecule has 1 fully saturated rings. The minimum Gasteiger partial charge on any atom is -0.354 e. The first kappa shape index (κ1) is 14.9. The lowest BCUT2D eigenvalue weighted by molar-refractivity contribution is 0.0939. The highest BCUT2D eigenvalue weighted by Crippen LogP contribution is 2.54. The molecule has 4 rings (SSSR count). The molecule has 24 heavy (non-hydrogen) atoms. The van der Waals surface area contributed by atoms with Crippen LogP contribution in [0.1, 0.15) is 44.3 Å². The van der Waals surface area contributed by atoms with Gasteiger partial charge in [0, 0.05) is 25.2 Å². The van der Waals surface area contributed by atoms with Gasteiger partial charge in [0.15, 0.2) is 0 Å². The summed E-state index contributed by atoms with van der Waals surface area (Å²) in [5.74, 6) is 0.605. The first-order chi connectivity index (χ1) is 11.7. The van der Waals surface area contributed by atoms with Gasteiger partial charge in [0.1, 0.15) is 5.69 Å². The minimum absolute atomic E-state index is 0.122. The molecule has 0 spiro atoms. The number of nitrogens with one attached hydrogen (secondary N) is 2. The fourth-order valence-electron chi connectivity index (χ4n) is 3.79. The minimum atomic E-state index is -0.258. The molecule has 2 N–H and O–H groups in total. The maximum absolute atomic E-state index is 12.4. The van der Waals surface area contributed by atoms with Crippen LogP contribution in [0, 0.1) is 5.92 Å². The summed E-state index contributed by atoms with van der Waals surface area (Å²) in [6.45, 7) is 0. The Kier molecular flexibility index (Phi) is 3.56. The van der Waals surface area contributed by atoms with Crippen LogP contribution in [0.15, 0.2) is 42.6 Å². The highest BCUT2D eigenvalue weighted by Gasteiger charge is 2.53. The van der Waals surface area contributed by atoms with E-state index >= 15 is 0 Å². The molecule has 1 heterocycles. The zero-order chi connectivity index (χ0) is 16.7. The molecule has 1 aromatic heterocycles. The Hall–Kier alpha value is -2.69. The SMILES string of the molecule is CNC(=O)c1ccc(C(=O)NC2C3CCc4ccccc4C32)cn1. The van der Waals surface area contributed by atoms with E-state index in [9.17, 15) is 9.59 Å². The fraction of sp³-hybridized carbons (Fsp3) is 0.316. The molecular weight excluding hydrogens is 302 g/mol. The van der Waals surface area contributed by atoms with Crippen LogP contribution in [-0.2, 0) is 6.42 Å². The van der Waals surface area contributed by atoms with Crippen LogP contribution in [-0.4, -0.2) is 29.9 Å². The van der Waals surface area contributed by atoms with E-state index in [1.807, 2.05) is 0 Å². The second-order valence-corrected chi connectivity index (χ2v) is 6.44. The molecule has 0 saturated heterocycles. The number of benzene rings is 1. The van der Waals surface area contributed by atoms with E-state index in [1.165, 1.54) is 17.3 Å². The van der Waals surface area contributed by atoms with Crippen LogP contribution in [0.3, 0.4) is 0 Å². The zero-order valence-corrected chi connectivity index (χ0v) is 13.5. The first-order valence-corrected chi connectivity index (χ1v) is 8.26. The Bertz CT molecular complexity index is 801. The second-order valence-electron chi connectivity index (χ2n) is 6.44. The van der Waals surface area contributed by atoms with Gasteiger partial charge in [-0.15, -0.1) is 0 Å². The number of aryl methyl sites for hydroxylation is 1. The number of nitrogens with zero attached hydrogens (tertiary/aromatic N) is 1. The van der Waals surface area contributed by atoms with Gasteiger partial charge >= 0.3 is 0 Å². The summed E-state index contributed by atoms with van der Waals surface area (Å²) in [6.07, 6.45) is 3.67. The molecule has 1 aromatic carbocycles. The molecule has 5 nitrogen and oxygen atoms in total. The third kappa shape index (κ3) is 2.46. The van der Waals surface area contributed by atoms with Crippen molar-refractivity contribution in [3.05, 3.63) is 65.0 Å². The average molecular weight is 321 g/mol. The Morgan fingerprint density at radius 2 is 1.96 bits per heavy atom. The molecule has 3 atom stereocenters. The standard InChI is InChI=1S/C19H19N3O2/c1-20-19(24)15-9-7-12(10-21-15)18(23)22-17-14-8-6-11-4-2-3-5-13(11)16(14)17/h2-5,7,9-10,14,16-17H,6,8H2,1H3,(H,20,24)(H,22,23). The lowest BCUT2D eigenvalue weighted by Gasteiger charge is -2.13. The molecule has 2 amide bonds. The quantitative estimate of drug-likeness (QED) is 0.907. The number of rotatable bonds is 3. The van der Waals surface area contributed by atoms with E-state index in [2.05, 4.69) is 39.9 Å². The van der Waals surface area contributed by atoms with E-state index in [4.69, 9.17) is 0 Å². The molecule has 0 bridgehead atoms. The number of amides is 2. The number of pyridine rings is 1. The summed E-state index contributed by atoms with van der Waals surface area (Å²) in [7, 11) is 1.55. The molecule has 2 aromatic rings. The molecule has 2 aliphatic rings. The van der Waals surface area contributed by atoms with E-state index < -0.39 is 0 Å². The molecule has 3 unspecified atom stereocenters. The van der Waals surface area contributed by atoms with Gasteiger partial charge in [-0.25, -0.2) is 0 Å². The van der Waals surface area contributed by atoms with Crippen LogP contribution in [0.2, 0.25) is 0 Å². The maximum Gasteiger partial charge on any atom is 0.269 e. The van der Waals surface area contributed by atoms with E-state index in [0.29, 0.717) is 23.1 Å². The second kappa shape index (κ2) is 5.74. The number of fused-ring (bicyclic) bond motifs is 3. The van der Waals surface area contributed by atoms with E-state index in [-0.39, 0.29) is 17.9 Å². The first-order valence-electron chi connectivity index (χ1n) is 8.26. The molecule has 5 heteroatoms. The van der Waals surface area contributed by atoms with Crippen molar-refractivity contribution in [2.75, 3.05) is 7.05 Å². The van der Waals surface area contributed by atoms with Gasteiger partial charge in [0.25, 0.3) is 11.8 Å². The van der Waals surface area contributed by atoms with Gasteiger partial charge < -0.3 is 10.6 Å². The number of carbonyl (C=O) groups is 2. The molecule has 1 saturated carbocycles. The van der Waals surface area contributed by atoms with Crippen molar-refractivity contribution in [1.29, 1.82) is 0 Å². The average Bonchev–Trinajstić information content (AvgIpc) is 3.34. The highest BCUT2D eigenvalue weighted by atomic mass is 16.2. The molecule has 122 valence electrons. The predicted molar refractivity (Wildman–Crippen MR) is 89.9 cm³/mol. The number of aromatic nitrogens is 1. The van der Waals surface area contributed by atoms with Crippen molar-refractivity contribution < 1.29 is 9.59 Å². The Morgan fingerprint density at radius 3 is 2.71 bits per heavy atom. The topological polar surface area (TPSA) is 71.1 Å². The smallest absolute Gasteiger partial charge is 0.269 e. The summed E-state index contributed by atoms with van der Waals surface area (Å²) < 4.78 is 0. The van der Waals surface area contributed by atoms with Crippen molar-refractivity contribution in [2.45, 2.75) is 24.8 Å². The Labute approximate surface area is 140 Å². The van der Waals surface area contributed by atoms with Crippen molar-refractivity contribution >= 4 is 11.8 Å². The highest BCUT2D eigenvalue weighted by molar-refractivity contribution is 5.96.